The van der Waals surface area contributed by atoms with E-state index in [4.69, 9.17) is 0 Å². The van der Waals surface area contributed by atoms with Crippen LogP contribution in [0.15, 0.2) is 85.2 Å². The van der Waals surface area contributed by atoms with Gasteiger partial charge in [0.05, 0.1) is 0 Å². The lowest BCUT2D eigenvalue weighted by Gasteiger charge is -2.31. The van der Waals surface area contributed by atoms with Crippen molar-refractivity contribution < 1.29 is 4.79 Å². The number of carbonyl (C=O) groups is 1. The van der Waals surface area contributed by atoms with Crippen molar-refractivity contribution in [3.63, 3.8) is 0 Å². The molecule has 4 heteroatoms. The van der Waals surface area contributed by atoms with Crippen LogP contribution in [0.1, 0.15) is 36.5 Å². The van der Waals surface area contributed by atoms with Crippen molar-refractivity contribution in [3.05, 3.63) is 102 Å². The molecule has 0 saturated carbocycles. The molecule has 0 radical (unpaired) electrons. The number of benzene rings is 2. The molecule has 4 nitrogen and oxygen atoms in total. The fraction of sp³-hybridized carbons (Fsp3) is 0.308. The van der Waals surface area contributed by atoms with Crippen LogP contribution in [-0.2, 0) is 16.8 Å². The second kappa shape index (κ2) is 9.23. The molecule has 1 aliphatic rings. The zero-order valence-corrected chi connectivity index (χ0v) is 17.5. The summed E-state index contributed by atoms with van der Waals surface area (Å²) in [5.74, 6) is 0.110. The summed E-state index contributed by atoms with van der Waals surface area (Å²) in [6, 6.07) is 24.9. The number of carbonyl (C=O) groups excluding carboxylic acids is 1. The van der Waals surface area contributed by atoms with Gasteiger partial charge in [0.15, 0.2) is 0 Å². The Morgan fingerprint density at radius 3 is 2.30 bits per heavy atom. The first-order chi connectivity index (χ1) is 14.6. The molecule has 1 aromatic heterocycles. The monoisotopic (exact) mass is 399 g/mol. The number of pyridine rings is 1. The summed E-state index contributed by atoms with van der Waals surface area (Å²) in [6.45, 7) is 4.93. The second-order valence-electron chi connectivity index (χ2n) is 8.39. The molecule has 1 saturated heterocycles. The minimum atomic E-state index is -0.361. The van der Waals surface area contributed by atoms with Crippen LogP contribution in [0.3, 0.4) is 0 Å². The van der Waals surface area contributed by atoms with Gasteiger partial charge in [0.25, 0.3) is 0 Å². The van der Waals surface area contributed by atoms with Crippen LogP contribution < -0.4 is 5.32 Å². The fourth-order valence-electron chi connectivity index (χ4n) is 4.43. The summed E-state index contributed by atoms with van der Waals surface area (Å²) < 4.78 is 0. The molecule has 2 heterocycles. The lowest BCUT2D eigenvalue weighted by Crippen LogP contribution is -2.40. The molecule has 1 amide bonds. The Morgan fingerprint density at radius 1 is 1.03 bits per heavy atom. The number of aromatic nitrogens is 1. The fourth-order valence-corrected chi connectivity index (χ4v) is 4.43. The third-order valence-electron chi connectivity index (χ3n) is 6.10. The minimum Gasteiger partial charge on any atom is -0.352 e. The number of hydrogen-bond donors (Lipinski definition) is 1. The molecular formula is C26H29N3O. The normalized spacial score (nSPS) is 17.0. The third kappa shape index (κ3) is 4.77. The van der Waals surface area contributed by atoms with Gasteiger partial charge in [0, 0.05) is 49.9 Å². The molecule has 4 rings (SSSR count). The van der Waals surface area contributed by atoms with Crippen molar-refractivity contribution in [1.82, 2.24) is 15.2 Å². The van der Waals surface area contributed by atoms with E-state index in [1.807, 2.05) is 48.7 Å². The molecule has 30 heavy (non-hydrogen) atoms. The Morgan fingerprint density at radius 2 is 1.70 bits per heavy atom. The first kappa shape index (κ1) is 20.3. The Hall–Kier alpha value is -2.98. The standard InChI is InChI=1S/C26H29N3O/c1-26(22-10-4-2-5-11-22,23-12-6-3-7-13-23)17-25(30)28-24-14-16-29(20-24)19-21-9-8-15-27-18-21/h2-13,15,18,24H,14,16-17,19-20H2,1H3,(H,28,30). The number of likely N-dealkylation sites (tertiary alicyclic amines) is 1. The van der Waals surface area contributed by atoms with Gasteiger partial charge in [0.2, 0.25) is 5.91 Å². The Kier molecular flexibility index (Phi) is 6.24. The molecule has 1 unspecified atom stereocenters. The van der Waals surface area contributed by atoms with E-state index in [0.29, 0.717) is 6.42 Å². The summed E-state index contributed by atoms with van der Waals surface area (Å²) in [6.07, 6.45) is 5.13. The van der Waals surface area contributed by atoms with E-state index in [1.165, 1.54) is 5.56 Å². The molecule has 154 valence electrons. The van der Waals surface area contributed by atoms with Gasteiger partial charge >= 0.3 is 0 Å². The second-order valence-corrected chi connectivity index (χ2v) is 8.39. The van der Waals surface area contributed by atoms with E-state index >= 15 is 0 Å². The molecule has 2 aromatic carbocycles. The number of amides is 1. The van der Waals surface area contributed by atoms with Crippen molar-refractivity contribution in [2.45, 2.75) is 37.8 Å². The lowest BCUT2D eigenvalue weighted by molar-refractivity contribution is -0.122. The van der Waals surface area contributed by atoms with Crippen LogP contribution in [0.2, 0.25) is 0 Å². The maximum absolute atomic E-state index is 13.1. The number of rotatable bonds is 7. The van der Waals surface area contributed by atoms with Crippen molar-refractivity contribution >= 4 is 5.91 Å². The van der Waals surface area contributed by atoms with Gasteiger partial charge in [-0.2, -0.15) is 0 Å². The van der Waals surface area contributed by atoms with Gasteiger partial charge in [0.1, 0.15) is 0 Å². The SMILES string of the molecule is CC(CC(=O)NC1CCN(Cc2cccnc2)C1)(c1ccccc1)c1ccccc1. The average Bonchev–Trinajstić information content (AvgIpc) is 3.22. The van der Waals surface area contributed by atoms with E-state index in [1.54, 1.807) is 6.20 Å². The number of nitrogens with zero attached hydrogens (tertiary/aromatic N) is 2. The summed E-state index contributed by atoms with van der Waals surface area (Å²) in [7, 11) is 0. The van der Waals surface area contributed by atoms with Crippen LogP contribution in [0, 0.1) is 0 Å². The average molecular weight is 400 g/mol. The largest absolute Gasteiger partial charge is 0.352 e. The molecule has 0 spiro atoms. The Labute approximate surface area is 179 Å². The van der Waals surface area contributed by atoms with Gasteiger partial charge in [-0.25, -0.2) is 0 Å². The topological polar surface area (TPSA) is 45.2 Å². The highest BCUT2D eigenvalue weighted by Crippen LogP contribution is 2.35. The number of hydrogen-bond acceptors (Lipinski definition) is 3. The van der Waals surface area contributed by atoms with E-state index < -0.39 is 0 Å². The molecule has 1 N–H and O–H groups in total. The molecular weight excluding hydrogens is 370 g/mol. The lowest BCUT2D eigenvalue weighted by atomic mass is 9.73. The molecule has 1 fully saturated rings. The maximum atomic E-state index is 13.1. The van der Waals surface area contributed by atoms with E-state index in [9.17, 15) is 4.79 Å². The van der Waals surface area contributed by atoms with Crippen LogP contribution in [0.4, 0.5) is 0 Å². The highest BCUT2D eigenvalue weighted by molar-refractivity contribution is 5.79. The number of nitrogens with one attached hydrogen (secondary N) is 1. The Balaban J connectivity index is 1.41. The van der Waals surface area contributed by atoms with E-state index in [2.05, 4.69) is 52.5 Å². The van der Waals surface area contributed by atoms with E-state index in [-0.39, 0.29) is 17.4 Å². The van der Waals surface area contributed by atoms with Crippen LogP contribution >= 0.6 is 0 Å². The van der Waals surface area contributed by atoms with Gasteiger partial charge in [-0.3, -0.25) is 14.7 Å². The van der Waals surface area contributed by atoms with Crippen molar-refractivity contribution in [2.24, 2.45) is 0 Å². The van der Waals surface area contributed by atoms with Crippen molar-refractivity contribution in [2.75, 3.05) is 13.1 Å². The maximum Gasteiger partial charge on any atom is 0.221 e. The zero-order valence-electron chi connectivity index (χ0n) is 17.5. The molecule has 1 aliphatic heterocycles. The van der Waals surface area contributed by atoms with Crippen LogP contribution in [0.25, 0.3) is 0 Å². The summed E-state index contributed by atoms with van der Waals surface area (Å²) in [4.78, 5) is 19.7. The summed E-state index contributed by atoms with van der Waals surface area (Å²) in [5, 5.41) is 3.29. The quantitative estimate of drug-likeness (QED) is 0.649. The van der Waals surface area contributed by atoms with E-state index in [0.717, 1.165) is 37.2 Å². The first-order valence-corrected chi connectivity index (χ1v) is 10.7. The van der Waals surface area contributed by atoms with Crippen LogP contribution in [-0.4, -0.2) is 34.9 Å². The predicted molar refractivity (Wildman–Crippen MR) is 120 cm³/mol. The van der Waals surface area contributed by atoms with Gasteiger partial charge < -0.3 is 5.32 Å². The van der Waals surface area contributed by atoms with Crippen molar-refractivity contribution in [1.29, 1.82) is 0 Å². The summed E-state index contributed by atoms with van der Waals surface area (Å²) >= 11 is 0. The zero-order chi connectivity index (χ0) is 20.8. The minimum absolute atomic E-state index is 0.110. The molecule has 1 atom stereocenters. The third-order valence-corrected chi connectivity index (χ3v) is 6.10. The van der Waals surface area contributed by atoms with Gasteiger partial charge in [-0.05, 0) is 29.2 Å². The highest BCUT2D eigenvalue weighted by Gasteiger charge is 2.33. The van der Waals surface area contributed by atoms with Crippen LogP contribution in [0.5, 0.6) is 0 Å². The smallest absolute Gasteiger partial charge is 0.221 e. The molecule has 0 bridgehead atoms. The molecule has 3 aromatic rings. The highest BCUT2D eigenvalue weighted by atomic mass is 16.1. The Bertz CT molecular complexity index is 904. The van der Waals surface area contributed by atoms with Crippen molar-refractivity contribution in [3.8, 4) is 0 Å². The van der Waals surface area contributed by atoms with Gasteiger partial charge in [-0.15, -0.1) is 0 Å². The van der Waals surface area contributed by atoms with Gasteiger partial charge in [-0.1, -0.05) is 73.7 Å². The first-order valence-electron chi connectivity index (χ1n) is 10.7. The molecule has 0 aliphatic carbocycles. The predicted octanol–water partition coefficient (Wildman–Crippen LogP) is 4.17. The summed E-state index contributed by atoms with van der Waals surface area (Å²) in [5.41, 5.74) is 3.18.